The third kappa shape index (κ3) is 5.63. The molecule has 1 aliphatic carbocycles. The Kier molecular flexibility index (Phi) is 7.60. The topological polar surface area (TPSA) is 61.8 Å². The highest BCUT2D eigenvalue weighted by molar-refractivity contribution is 5.92. The second-order valence-electron chi connectivity index (χ2n) is 9.46. The van der Waals surface area contributed by atoms with Crippen LogP contribution in [-0.4, -0.2) is 25.7 Å². The lowest BCUT2D eigenvalue weighted by atomic mass is 9.91. The Morgan fingerprint density at radius 2 is 1.44 bits per heavy atom. The van der Waals surface area contributed by atoms with Gasteiger partial charge in [-0.1, -0.05) is 73.7 Å². The minimum atomic E-state index is -0.631. The van der Waals surface area contributed by atoms with E-state index in [-0.39, 0.29) is 0 Å². The van der Waals surface area contributed by atoms with E-state index in [2.05, 4.69) is 55.5 Å². The molecular weight excluding hydrogens is 488 g/mol. The van der Waals surface area contributed by atoms with Crippen molar-refractivity contribution >= 4 is 23.6 Å². The Morgan fingerprint density at radius 3 is 2.08 bits per heavy atom. The van der Waals surface area contributed by atoms with Crippen molar-refractivity contribution in [3.05, 3.63) is 119 Å². The molecule has 0 amide bonds. The summed E-state index contributed by atoms with van der Waals surface area (Å²) in [4.78, 5) is 22.9. The van der Waals surface area contributed by atoms with Crippen LogP contribution in [0.2, 0.25) is 0 Å². The molecule has 0 aliphatic heterocycles. The molecule has 0 N–H and O–H groups in total. The number of rotatable bonds is 8. The van der Waals surface area contributed by atoms with E-state index >= 15 is 0 Å². The summed E-state index contributed by atoms with van der Waals surface area (Å²) < 4.78 is 15.4. The van der Waals surface area contributed by atoms with Gasteiger partial charge in [0, 0.05) is 12.8 Å². The van der Waals surface area contributed by atoms with Crippen molar-refractivity contribution in [2.45, 2.75) is 26.2 Å². The molecule has 0 bridgehead atoms. The first-order valence-corrected chi connectivity index (χ1v) is 13.0. The van der Waals surface area contributed by atoms with Gasteiger partial charge < -0.3 is 14.2 Å². The zero-order valence-corrected chi connectivity index (χ0v) is 22.3. The van der Waals surface area contributed by atoms with Gasteiger partial charge in [0.25, 0.3) is 0 Å². The van der Waals surface area contributed by atoms with Crippen LogP contribution in [0.3, 0.4) is 0 Å². The first-order chi connectivity index (χ1) is 19.0. The summed E-state index contributed by atoms with van der Waals surface area (Å²) in [6.07, 6.45) is 3.24. The summed E-state index contributed by atoms with van der Waals surface area (Å²) in [5.74, 6) is 0.390. The van der Waals surface area contributed by atoms with E-state index in [1.165, 1.54) is 29.2 Å². The van der Waals surface area contributed by atoms with Gasteiger partial charge in [0.05, 0.1) is 7.11 Å². The number of benzene rings is 4. The maximum absolute atomic E-state index is 12.0. The number of methoxy groups -OCH3 is 1. The highest BCUT2D eigenvalue weighted by Gasteiger charge is 2.27. The van der Waals surface area contributed by atoms with Gasteiger partial charge in [-0.25, -0.2) is 4.79 Å². The van der Waals surface area contributed by atoms with E-state index in [9.17, 15) is 9.59 Å². The molecule has 4 aromatic rings. The number of carbonyl (C=O) groups excluding carboxylic acids is 2. The fraction of sp³-hybridized carbons (Fsp3) is 0.176. The summed E-state index contributed by atoms with van der Waals surface area (Å²) in [5.41, 5.74) is 9.52. The smallest absolute Gasteiger partial charge is 0.349 e. The number of ether oxygens (including phenoxy) is 3. The zero-order chi connectivity index (χ0) is 27.4. The fourth-order valence-corrected chi connectivity index (χ4v) is 5.15. The van der Waals surface area contributed by atoms with E-state index in [1.54, 1.807) is 19.2 Å². The summed E-state index contributed by atoms with van der Waals surface area (Å²) >= 11 is 0. The second-order valence-corrected chi connectivity index (χ2v) is 9.46. The third-order valence-corrected chi connectivity index (χ3v) is 6.99. The summed E-state index contributed by atoms with van der Waals surface area (Å²) in [7, 11) is 1.65. The molecule has 5 rings (SSSR count). The molecule has 0 saturated heterocycles. The molecule has 5 nitrogen and oxygen atoms in total. The Labute approximate surface area is 228 Å². The SMILES string of the molecule is CCC1c2ccccc2-c2ccc(/C=C(\c3ccc(OC)cc3)c3ccc(OC(=O)COC(C)=O)cc3)cc21. The molecule has 0 saturated carbocycles. The van der Waals surface area contributed by atoms with E-state index in [4.69, 9.17) is 14.2 Å². The van der Waals surface area contributed by atoms with Crippen molar-refractivity contribution in [2.24, 2.45) is 0 Å². The molecule has 1 unspecified atom stereocenters. The van der Waals surface area contributed by atoms with Crippen LogP contribution in [0.5, 0.6) is 11.5 Å². The first-order valence-electron chi connectivity index (χ1n) is 13.0. The van der Waals surface area contributed by atoms with Crippen LogP contribution < -0.4 is 9.47 Å². The maximum atomic E-state index is 12.0. The largest absolute Gasteiger partial charge is 0.497 e. The van der Waals surface area contributed by atoms with Crippen molar-refractivity contribution in [1.82, 2.24) is 0 Å². The van der Waals surface area contributed by atoms with E-state index in [1.807, 2.05) is 36.4 Å². The van der Waals surface area contributed by atoms with Crippen LogP contribution in [0.1, 0.15) is 54.0 Å². The Morgan fingerprint density at radius 1 is 0.795 bits per heavy atom. The van der Waals surface area contributed by atoms with Crippen molar-refractivity contribution in [3.8, 4) is 22.6 Å². The predicted molar refractivity (Wildman–Crippen MR) is 153 cm³/mol. The number of fused-ring (bicyclic) bond motifs is 3. The summed E-state index contributed by atoms with van der Waals surface area (Å²) in [5, 5.41) is 0. The first kappa shape index (κ1) is 26.0. The molecule has 0 radical (unpaired) electrons. The Hall–Kier alpha value is -4.64. The number of hydrogen-bond donors (Lipinski definition) is 0. The van der Waals surface area contributed by atoms with Gasteiger partial charge in [-0.15, -0.1) is 0 Å². The molecule has 1 aliphatic rings. The molecule has 1 atom stereocenters. The fourth-order valence-electron chi connectivity index (χ4n) is 5.15. The Balaban J connectivity index is 1.50. The molecule has 39 heavy (non-hydrogen) atoms. The van der Waals surface area contributed by atoms with Gasteiger partial charge in [0.1, 0.15) is 11.5 Å². The third-order valence-electron chi connectivity index (χ3n) is 6.99. The maximum Gasteiger partial charge on any atom is 0.349 e. The molecule has 0 heterocycles. The van der Waals surface area contributed by atoms with E-state index in [0.717, 1.165) is 34.4 Å². The van der Waals surface area contributed by atoms with Gasteiger partial charge >= 0.3 is 11.9 Å². The van der Waals surface area contributed by atoms with Crippen LogP contribution >= 0.6 is 0 Å². The van der Waals surface area contributed by atoms with Crippen LogP contribution in [0.15, 0.2) is 91.0 Å². The normalized spacial score (nSPS) is 13.8. The average molecular weight is 519 g/mol. The molecule has 0 fully saturated rings. The minimum absolute atomic E-state index is 0.381. The second kappa shape index (κ2) is 11.4. The standard InChI is InChI=1S/C34H30O5/c1-4-28-29-7-5-6-8-30(29)31-18-9-23(20-33(28)31)19-32(24-10-14-26(37-3)15-11-24)25-12-16-27(17-13-25)39-34(36)21-38-22(2)35/h5-20,28H,4,21H2,1-3H3/b32-19+. The lowest BCUT2D eigenvalue weighted by molar-refractivity contribution is -0.152. The average Bonchev–Trinajstić information content (AvgIpc) is 3.28. The van der Waals surface area contributed by atoms with Crippen molar-refractivity contribution in [3.63, 3.8) is 0 Å². The minimum Gasteiger partial charge on any atom is -0.497 e. The predicted octanol–water partition coefficient (Wildman–Crippen LogP) is 7.27. The molecule has 196 valence electrons. The molecular formula is C34H30O5. The highest BCUT2D eigenvalue weighted by Crippen LogP contribution is 2.46. The monoisotopic (exact) mass is 518 g/mol. The van der Waals surface area contributed by atoms with Gasteiger partial charge in [-0.05, 0) is 81.3 Å². The number of carbonyl (C=O) groups is 2. The Bertz CT molecular complexity index is 1530. The van der Waals surface area contributed by atoms with Gasteiger partial charge in [0.15, 0.2) is 6.61 Å². The summed E-state index contributed by atoms with van der Waals surface area (Å²) in [6, 6.07) is 30.7. The zero-order valence-electron chi connectivity index (χ0n) is 22.3. The van der Waals surface area contributed by atoms with Gasteiger partial charge in [0.2, 0.25) is 0 Å². The highest BCUT2D eigenvalue weighted by atomic mass is 16.6. The van der Waals surface area contributed by atoms with Crippen molar-refractivity contribution in [2.75, 3.05) is 13.7 Å². The van der Waals surface area contributed by atoms with Crippen molar-refractivity contribution in [1.29, 1.82) is 0 Å². The van der Waals surface area contributed by atoms with E-state index in [0.29, 0.717) is 11.7 Å². The van der Waals surface area contributed by atoms with Crippen LogP contribution in [-0.2, 0) is 14.3 Å². The van der Waals surface area contributed by atoms with Gasteiger partial charge in [-0.3, -0.25) is 4.79 Å². The summed E-state index contributed by atoms with van der Waals surface area (Å²) in [6.45, 7) is 3.06. The van der Waals surface area contributed by atoms with Crippen LogP contribution in [0, 0.1) is 0 Å². The quantitative estimate of drug-likeness (QED) is 0.139. The van der Waals surface area contributed by atoms with Crippen LogP contribution in [0.25, 0.3) is 22.8 Å². The molecule has 4 aromatic carbocycles. The number of esters is 2. The van der Waals surface area contributed by atoms with Crippen molar-refractivity contribution < 1.29 is 23.8 Å². The number of hydrogen-bond acceptors (Lipinski definition) is 5. The molecule has 0 aromatic heterocycles. The van der Waals surface area contributed by atoms with Crippen LogP contribution in [0.4, 0.5) is 0 Å². The molecule has 0 spiro atoms. The lowest BCUT2D eigenvalue weighted by Crippen LogP contribution is -2.17. The van der Waals surface area contributed by atoms with E-state index < -0.39 is 18.5 Å². The molecule has 5 heteroatoms. The van der Waals surface area contributed by atoms with Gasteiger partial charge in [-0.2, -0.15) is 0 Å². The lowest BCUT2D eigenvalue weighted by Gasteiger charge is -2.13.